The van der Waals surface area contributed by atoms with Crippen molar-refractivity contribution < 1.29 is 9.90 Å². The number of aliphatic carboxylic acids is 1. The van der Waals surface area contributed by atoms with Crippen molar-refractivity contribution in [2.75, 3.05) is 0 Å². The summed E-state index contributed by atoms with van der Waals surface area (Å²) in [7, 11) is 0. The van der Waals surface area contributed by atoms with Crippen LogP contribution in [0.1, 0.15) is 29.8 Å². The zero-order valence-electron chi connectivity index (χ0n) is 11.0. The van der Waals surface area contributed by atoms with E-state index in [2.05, 4.69) is 9.97 Å². The zero-order chi connectivity index (χ0) is 13.9. The molecule has 1 aliphatic carbocycles. The van der Waals surface area contributed by atoms with Crippen molar-refractivity contribution in [3.8, 4) is 5.82 Å². The van der Waals surface area contributed by atoms with Gasteiger partial charge in [0, 0.05) is 23.5 Å². The number of hydrogen-bond acceptors (Lipinski definition) is 3. The molecule has 0 aromatic carbocycles. The molecule has 102 valence electrons. The molecule has 0 bridgehead atoms. The first-order chi connectivity index (χ1) is 9.75. The van der Waals surface area contributed by atoms with Crippen LogP contribution in [-0.4, -0.2) is 25.6 Å². The number of carbonyl (C=O) groups is 1. The van der Waals surface area contributed by atoms with Crippen LogP contribution in [0.15, 0.2) is 30.7 Å². The Hall–Kier alpha value is -2.43. The molecule has 5 heteroatoms. The fraction of sp³-hybridized carbons (Fsp3) is 0.267. The van der Waals surface area contributed by atoms with E-state index in [0.717, 1.165) is 42.4 Å². The molecule has 2 heterocycles. The monoisotopic (exact) mass is 269 g/mol. The van der Waals surface area contributed by atoms with Gasteiger partial charge in [0.1, 0.15) is 12.1 Å². The third-order valence-electron chi connectivity index (χ3n) is 3.48. The van der Waals surface area contributed by atoms with E-state index in [-0.39, 0.29) is 0 Å². The number of aryl methyl sites for hydroxylation is 1. The molecule has 0 aliphatic heterocycles. The Balaban J connectivity index is 2.06. The van der Waals surface area contributed by atoms with Gasteiger partial charge in [-0.25, -0.2) is 14.8 Å². The number of rotatable bonds is 3. The van der Waals surface area contributed by atoms with Crippen molar-refractivity contribution in [3.63, 3.8) is 0 Å². The molecule has 5 nitrogen and oxygen atoms in total. The molecule has 0 spiro atoms. The number of carboxylic acid groups (broad SMARTS) is 1. The number of hydrogen-bond donors (Lipinski definition) is 1. The molecule has 0 fully saturated rings. The predicted octanol–water partition coefficient (Wildman–Crippen LogP) is 2.24. The van der Waals surface area contributed by atoms with Crippen LogP contribution in [0.4, 0.5) is 0 Å². The molecule has 3 rings (SSSR count). The number of nitrogens with zero attached hydrogens (tertiary/aromatic N) is 3. The molecule has 0 atom stereocenters. The average molecular weight is 269 g/mol. The first-order valence-corrected chi connectivity index (χ1v) is 6.67. The summed E-state index contributed by atoms with van der Waals surface area (Å²) in [6.07, 6.45) is 10.5. The Labute approximate surface area is 116 Å². The van der Waals surface area contributed by atoms with Gasteiger partial charge in [0.15, 0.2) is 0 Å². The summed E-state index contributed by atoms with van der Waals surface area (Å²) < 4.78 is 1.98. The van der Waals surface area contributed by atoms with Gasteiger partial charge in [-0.1, -0.05) is 0 Å². The maximum atomic E-state index is 10.7. The molecule has 0 unspecified atom stereocenters. The average Bonchev–Trinajstić information content (AvgIpc) is 2.89. The highest BCUT2D eigenvalue weighted by Crippen LogP contribution is 2.24. The van der Waals surface area contributed by atoms with E-state index in [4.69, 9.17) is 5.11 Å². The molecule has 20 heavy (non-hydrogen) atoms. The molecule has 1 N–H and O–H groups in total. The van der Waals surface area contributed by atoms with E-state index in [9.17, 15) is 4.79 Å². The Kier molecular flexibility index (Phi) is 3.33. The summed E-state index contributed by atoms with van der Waals surface area (Å²) in [5.41, 5.74) is 3.11. The molecule has 0 saturated carbocycles. The van der Waals surface area contributed by atoms with Crippen LogP contribution in [0.5, 0.6) is 0 Å². The molecule has 2 aromatic heterocycles. The van der Waals surface area contributed by atoms with Crippen LogP contribution in [0, 0.1) is 0 Å². The van der Waals surface area contributed by atoms with Crippen molar-refractivity contribution in [2.45, 2.75) is 25.7 Å². The van der Waals surface area contributed by atoms with Gasteiger partial charge in [-0.15, -0.1) is 0 Å². The number of aromatic nitrogens is 3. The van der Waals surface area contributed by atoms with Crippen LogP contribution in [-0.2, 0) is 17.6 Å². The Morgan fingerprint density at radius 3 is 3.00 bits per heavy atom. The van der Waals surface area contributed by atoms with E-state index in [0.29, 0.717) is 0 Å². The van der Waals surface area contributed by atoms with Crippen LogP contribution in [0.2, 0.25) is 0 Å². The molecule has 1 aliphatic rings. The molecular weight excluding hydrogens is 254 g/mol. The van der Waals surface area contributed by atoms with E-state index in [1.807, 2.05) is 10.6 Å². The predicted molar refractivity (Wildman–Crippen MR) is 74.7 cm³/mol. The minimum absolute atomic E-state index is 0.737. The van der Waals surface area contributed by atoms with Crippen LogP contribution < -0.4 is 0 Å². The summed E-state index contributed by atoms with van der Waals surface area (Å²) in [5, 5.41) is 8.76. The van der Waals surface area contributed by atoms with Crippen molar-refractivity contribution in [1.82, 2.24) is 14.5 Å². The fourth-order valence-corrected chi connectivity index (χ4v) is 2.55. The maximum absolute atomic E-state index is 10.7. The number of fused-ring (bicyclic) bond motifs is 1. The van der Waals surface area contributed by atoms with Gasteiger partial charge in [0.05, 0.1) is 5.69 Å². The van der Waals surface area contributed by atoms with Crippen molar-refractivity contribution >= 4 is 12.0 Å². The summed E-state index contributed by atoms with van der Waals surface area (Å²) in [6, 6.07) is 3.66. The second-order valence-electron chi connectivity index (χ2n) is 4.80. The lowest BCUT2D eigenvalue weighted by atomic mass is 10.0. The van der Waals surface area contributed by atoms with Crippen LogP contribution in [0.25, 0.3) is 11.9 Å². The maximum Gasteiger partial charge on any atom is 0.328 e. The van der Waals surface area contributed by atoms with Gasteiger partial charge in [-0.2, -0.15) is 0 Å². The Morgan fingerprint density at radius 1 is 1.30 bits per heavy atom. The standard InChI is InChI=1S/C15H15N3O2/c19-14(20)8-7-11-4-3-9-16-15(11)18-10-17-12-5-1-2-6-13(12)18/h3-4,7-10H,1-2,5-6H2,(H,19,20)/b8-7+. The van der Waals surface area contributed by atoms with Crippen LogP contribution >= 0.6 is 0 Å². The third kappa shape index (κ3) is 2.34. The van der Waals surface area contributed by atoms with Gasteiger partial charge in [-0.05, 0) is 43.9 Å². The molecule has 0 saturated heterocycles. The van der Waals surface area contributed by atoms with Crippen molar-refractivity contribution in [3.05, 3.63) is 47.7 Å². The normalized spacial score (nSPS) is 14.4. The minimum Gasteiger partial charge on any atom is -0.478 e. The van der Waals surface area contributed by atoms with E-state index in [1.54, 1.807) is 24.7 Å². The highest BCUT2D eigenvalue weighted by molar-refractivity contribution is 5.85. The first kappa shape index (κ1) is 12.6. The largest absolute Gasteiger partial charge is 0.478 e. The molecule has 2 aromatic rings. The van der Waals surface area contributed by atoms with Gasteiger partial charge in [0.25, 0.3) is 0 Å². The second kappa shape index (κ2) is 5.28. The smallest absolute Gasteiger partial charge is 0.328 e. The number of imidazole rings is 1. The van der Waals surface area contributed by atoms with Crippen molar-refractivity contribution in [2.24, 2.45) is 0 Å². The lowest BCUT2D eigenvalue weighted by Gasteiger charge is -2.14. The molecular formula is C15H15N3O2. The topological polar surface area (TPSA) is 68.0 Å². The lowest BCUT2D eigenvalue weighted by molar-refractivity contribution is -0.131. The molecule has 0 amide bonds. The number of pyridine rings is 1. The molecule has 0 radical (unpaired) electrons. The van der Waals surface area contributed by atoms with Gasteiger partial charge < -0.3 is 5.11 Å². The SMILES string of the molecule is O=C(O)/C=C/c1cccnc1-n1cnc2c1CCCC2. The Morgan fingerprint density at radius 2 is 2.15 bits per heavy atom. The quantitative estimate of drug-likeness (QED) is 0.868. The summed E-state index contributed by atoms with van der Waals surface area (Å²) in [5.74, 6) is -0.229. The second-order valence-corrected chi connectivity index (χ2v) is 4.80. The van der Waals surface area contributed by atoms with E-state index in [1.165, 1.54) is 12.1 Å². The summed E-state index contributed by atoms with van der Waals surface area (Å²) >= 11 is 0. The summed E-state index contributed by atoms with van der Waals surface area (Å²) in [4.78, 5) is 19.5. The third-order valence-corrected chi connectivity index (χ3v) is 3.48. The van der Waals surface area contributed by atoms with Gasteiger partial charge in [0.2, 0.25) is 0 Å². The zero-order valence-corrected chi connectivity index (χ0v) is 11.0. The Bertz CT molecular complexity index is 674. The highest BCUT2D eigenvalue weighted by atomic mass is 16.4. The number of carboxylic acids is 1. The van der Waals surface area contributed by atoms with Gasteiger partial charge in [-0.3, -0.25) is 4.57 Å². The minimum atomic E-state index is -0.965. The summed E-state index contributed by atoms with van der Waals surface area (Å²) in [6.45, 7) is 0. The van der Waals surface area contributed by atoms with E-state index < -0.39 is 5.97 Å². The van der Waals surface area contributed by atoms with E-state index >= 15 is 0 Å². The van der Waals surface area contributed by atoms with Gasteiger partial charge >= 0.3 is 5.97 Å². The first-order valence-electron chi connectivity index (χ1n) is 6.67. The van der Waals surface area contributed by atoms with Crippen LogP contribution in [0.3, 0.4) is 0 Å². The lowest BCUT2D eigenvalue weighted by Crippen LogP contribution is -2.08. The fourth-order valence-electron chi connectivity index (χ4n) is 2.55. The van der Waals surface area contributed by atoms with Crippen molar-refractivity contribution in [1.29, 1.82) is 0 Å². The highest BCUT2D eigenvalue weighted by Gasteiger charge is 2.17.